The highest BCUT2D eigenvalue weighted by Crippen LogP contribution is 2.06. The van der Waals surface area contributed by atoms with Crippen molar-refractivity contribution in [2.45, 2.75) is 52.1 Å². The molecule has 2 amide bonds. The van der Waals surface area contributed by atoms with Crippen molar-refractivity contribution in [3.05, 3.63) is 0 Å². The van der Waals surface area contributed by atoms with Crippen LogP contribution in [0.2, 0.25) is 0 Å². The predicted octanol–water partition coefficient (Wildman–Crippen LogP) is 2.41. The highest BCUT2D eigenvalue weighted by molar-refractivity contribution is 7.98. The van der Waals surface area contributed by atoms with Gasteiger partial charge in [0.1, 0.15) is 0 Å². The second-order valence-electron chi connectivity index (χ2n) is 4.79. The van der Waals surface area contributed by atoms with Crippen LogP contribution in [0.1, 0.15) is 40.0 Å². The maximum atomic E-state index is 12.2. The molecule has 112 valence electrons. The third-order valence-corrected chi connectivity index (χ3v) is 3.60. The van der Waals surface area contributed by atoms with Crippen LogP contribution in [-0.2, 0) is 4.79 Å². The smallest absolute Gasteiger partial charge is 0.317 e. The van der Waals surface area contributed by atoms with Gasteiger partial charge in [-0.2, -0.15) is 11.8 Å². The average molecular weight is 290 g/mol. The number of thioether (sulfide) groups is 1. The van der Waals surface area contributed by atoms with E-state index in [9.17, 15) is 9.59 Å². The third-order valence-electron chi connectivity index (χ3n) is 2.86. The molecule has 6 heteroatoms. The number of nitrogens with zero attached hydrogens (tertiary/aromatic N) is 1. The Morgan fingerprint density at radius 3 is 2.42 bits per heavy atom. The van der Waals surface area contributed by atoms with Crippen LogP contribution in [0.5, 0.6) is 0 Å². The summed E-state index contributed by atoms with van der Waals surface area (Å²) in [4.78, 5) is 24.4. The van der Waals surface area contributed by atoms with Gasteiger partial charge in [-0.15, -0.1) is 0 Å². The van der Waals surface area contributed by atoms with E-state index >= 15 is 0 Å². The van der Waals surface area contributed by atoms with Crippen molar-refractivity contribution in [3.63, 3.8) is 0 Å². The summed E-state index contributed by atoms with van der Waals surface area (Å²) in [7, 11) is 0. The Kier molecular flexibility index (Phi) is 9.47. The number of carbonyl (C=O) groups excluding carboxylic acids is 1. The van der Waals surface area contributed by atoms with Crippen LogP contribution >= 0.6 is 11.8 Å². The number of carboxylic acids is 1. The van der Waals surface area contributed by atoms with Crippen molar-refractivity contribution >= 4 is 23.8 Å². The monoisotopic (exact) mass is 290 g/mol. The summed E-state index contributed by atoms with van der Waals surface area (Å²) < 4.78 is 0. The molecule has 5 nitrogen and oxygen atoms in total. The lowest BCUT2D eigenvalue weighted by atomic mass is 10.2. The number of hydrogen-bond acceptors (Lipinski definition) is 3. The minimum absolute atomic E-state index is 0.0700. The van der Waals surface area contributed by atoms with Crippen molar-refractivity contribution in [1.29, 1.82) is 0 Å². The molecular weight excluding hydrogens is 264 g/mol. The minimum atomic E-state index is -0.821. The van der Waals surface area contributed by atoms with Gasteiger partial charge in [-0.05, 0) is 32.9 Å². The molecule has 19 heavy (non-hydrogen) atoms. The van der Waals surface area contributed by atoms with E-state index in [1.54, 1.807) is 16.7 Å². The van der Waals surface area contributed by atoms with E-state index in [1.165, 1.54) is 0 Å². The Bertz CT molecular complexity index is 285. The second kappa shape index (κ2) is 9.95. The molecule has 2 N–H and O–H groups in total. The molecule has 0 aromatic heterocycles. The topological polar surface area (TPSA) is 69.6 Å². The van der Waals surface area contributed by atoms with E-state index in [2.05, 4.69) is 5.32 Å². The average Bonchev–Trinajstić information content (AvgIpc) is 2.32. The van der Waals surface area contributed by atoms with Crippen LogP contribution in [-0.4, -0.2) is 52.6 Å². The fraction of sp³-hybridized carbons (Fsp3) is 0.846. The van der Waals surface area contributed by atoms with Gasteiger partial charge in [-0.3, -0.25) is 4.79 Å². The molecule has 0 aliphatic carbocycles. The number of hydrogen-bond donors (Lipinski definition) is 2. The summed E-state index contributed by atoms with van der Waals surface area (Å²) in [5, 5.41) is 11.6. The van der Waals surface area contributed by atoms with E-state index < -0.39 is 5.97 Å². The third kappa shape index (κ3) is 7.97. The van der Waals surface area contributed by atoms with Crippen LogP contribution < -0.4 is 5.32 Å². The lowest BCUT2D eigenvalue weighted by molar-refractivity contribution is -0.137. The van der Waals surface area contributed by atoms with Gasteiger partial charge in [-0.25, -0.2) is 4.79 Å². The van der Waals surface area contributed by atoms with Crippen molar-refractivity contribution < 1.29 is 14.7 Å². The van der Waals surface area contributed by atoms with Gasteiger partial charge in [0.25, 0.3) is 0 Å². The Hall–Kier alpha value is -0.910. The van der Waals surface area contributed by atoms with E-state index in [0.717, 1.165) is 12.2 Å². The maximum absolute atomic E-state index is 12.2. The first-order valence-corrected chi connectivity index (χ1v) is 8.09. The van der Waals surface area contributed by atoms with Gasteiger partial charge in [0.05, 0.1) is 0 Å². The molecule has 0 bridgehead atoms. The number of nitrogens with one attached hydrogen (secondary N) is 1. The van der Waals surface area contributed by atoms with Crippen molar-refractivity contribution in [3.8, 4) is 0 Å². The summed E-state index contributed by atoms with van der Waals surface area (Å²) in [6.45, 7) is 6.41. The fourth-order valence-electron chi connectivity index (χ4n) is 1.72. The summed E-state index contributed by atoms with van der Waals surface area (Å²) >= 11 is 1.71. The number of amides is 2. The molecule has 0 rings (SSSR count). The number of aliphatic carboxylic acids is 1. The van der Waals surface area contributed by atoms with Crippen LogP contribution in [0.25, 0.3) is 0 Å². The zero-order chi connectivity index (χ0) is 14.8. The Morgan fingerprint density at radius 1 is 1.37 bits per heavy atom. The van der Waals surface area contributed by atoms with E-state index in [-0.39, 0.29) is 24.5 Å². The quantitative estimate of drug-likeness (QED) is 0.684. The molecule has 0 fully saturated rings. The molecule has 0 radical (unpaired) electrons. The molecule has 0 saturated carbocycles. The fourth-order valence-corrected chi connectivity index (χ4v) is 2.44. The van der Waals surface area contributed by atoms with Gasteiger partial charge in [0.15, 0.2) is 0 Å². The minimum Gasteiger partial charge on any atom is -0.481 e. The molecule has 0 aromatic rings. The lowest BCUT2D eigenvalue weighted by Crippen LogP contribution is -2.48. The van der Waals surface area contributed by atoms with Gasteiger partial charge < -0.3 is 15.3 Å². The van der Waals surface area contributed by atoms with Gasteiger partial charge >= 0.3 is 12.0 Å². The highest BCUT2D eigenvalue weighted by atomic mass is 32.2. The van der Waals surface area contributed by atoms with Gasteiger partial charge in [-0.1, -0.05) is 6.92 Å². The standard InChI is InChI=1S/C13H26N2O3S/c1-5-11(9-19-4)14-13(18)15(10(2)3)8-6-7-12(16)17/h10-11H,5-9H2,1-4H3,(H,14,18)(H,16,17). The van der Waals surface area contributed by atoms with E-state index in [0.29, 0.717) is 13.0 Å². The lowest BCUT2D eigenvalue weighted by Gasteiger charge is -2.29. The molecule has 0 aliphatic rings. The van der Waals surface area contributed by atoms with Crippen molar-refractivity contribution in [1.82, 2.24) is 10.2 Å². The summed E-state index contributed by atoms with van der Waals surface area (Å²) in [5.41, 5.74) is 0. The first-order chi connectivity index (χ1) is 8.92. The SMILES string of the molecule is CCC(CSC)NC(=O)N(CCCC(=O)O)C(C)C. The Morgan fingerprint density at radius 2 is 2.00 bits per heavy atom. The number of urea groups is 1. The first-order valence-electron chi connectivity index (χ1n) is 6.70. The molecule has 0 heterocycles. The largest absolute Gasteiger partial charge is 0.481 e. The molecule has 1 unspecified atom stereocenters. The number of rotatable bonds is 9. The predicted molar refractivity (Wildman–Crippen MR) is 79.7 cm³/mol. The molecular formula is C13H26N2O3S. The normalized spacial score (nSPS) is 12.3. The summed E-state index contributed by atoms with van der Waals surface area (Å²) in [5.74, 6) is 0.0708. The van der Waals surface area contributed by atoms with Crippen molar-refractivity contribution in [2.24, 2.45) is 0 Å². The maximum Gasteiger partial charge on any atom is 0.317 e. The van der Waals surface area contributed by atoms with Crippen LogP contribution in [0.4, 0.5) is 4.79 Å². The number of carbonyl (C=O) groups is 2. The highest BCUT2D eigenvalue weighted by Gasteiger charge is 2.19. The number of carboxylic acid groups (broad SMARTS) is 1. The molecule has 0 spiro atoms. The molecule has 0 aliphatic heterocycles. The van der Waals surface area contributed by atoms with Gasteiger partial charge in [0.2, 0.25) is 0 Å². The zero-order valence-electron chi connectivity index (χ0n) is 12.3. The van der Waals surface area contributed by atoms with Crippen LogP contribution in [0.3, 0.4) is 0 Å². The summed E-state index contributed by atoms with van der Waals surface area (Å²) in [6.07, 6.45) is 3.49. The molecule has 1 atom stereocenters. The Labute approximate surface area is 120 Å². The first kappa shape index (κ1) is 18.1. The van der Waals surface area contributed by atoms with Crippen molar-refractivity contribution in [2.75, 3.05) is 18.6 Å². The molecule has 0 saturated heterocycles. The second-order valence-corrected chi connectivity index (χ2v) is 5.71. The van der Waals surface area contributed by atoms with E-state index in [4.69, 9.17) is 5.11 Å². The Balaban J connectivity index is 4.35. The van der Waals surface area contributed by atoms with Crippen LogP contribution in [0, 0.1) is 0 Å². The van der Waals surface area contributed by atoms with Crippen LogP contribution in [0.15, 0.2) is 0 Å². The summed E-state index contributed by atoms with van der Waals surface area (Å²) in [6, 6.07) is 0.144. The zero-order valence-corrected chi connectivity index (χ0v) is 13.1. The van der Waals surface area contributed by atoms with Gasteiger partial charge in [0, 0.05) is 30.8 Å². The molecule has 0 aromatic carbocycles. The van der Waals surface area contributed by atoms with E-state index in [1.807, 2.05) is 27.0 Å².